The van der Waals surface area contributed by atoms with Crippen LogP contribution in [0.4, 0.5) is 4.79 Å². The third-order valence-electron chi connectivity index (χ3n) is 13.0. The predicted molar refractivity (Wildman–Crippen MR) is 276 cm³/mol. The summed E-state index contributed by atoms with van der Waals surface area (Å²) in [4.78, 5) is 116. The number of rotatable bonds is 38. The number of carboxylic acid groups (broad SMARTS) is 4. The standard InChI is InChI=1S/C51H83N7O20/c1-51(12-3-2-6-41(11-13-51)78-50(71)53-15-27-74-30-32-75-28-24-58-43(60)9-10-44(58)61)49(70)52-14-26-73-31-34-77-36-35-76-33-29-72-25-4-5-40(59)7-8-42(48(68)69)57-22-20-55(38-46(64)65)18-16-54(37-45(62)63)17-19-56(21-23-57)39-47(66)67/h2,6,9-10,41-42H,3-5,7-8,11-39H2,1H3,(H,52,70)(H,53,71)(H,62,63)(H,64,65)(H,66,67)(H,68,69)/b6-2+/t41-,42?,51+/m1/s1. The zero-order chi connectivity index (χ0) is 57.0. The molecule has 0 saturated carbocycles. The second-order valence-electron chi connectivity index (χ2n) is 19.1. The molecule has 0 aromatic heterocycles. The van der Waals surface area contributed by atoms with Crippen molar-refractivity contribution >= 4 is 53.5 Å². The van der Waals surface area contributed by atoms with Crippen LogP contribution in [-0.2, 0) is 71.5 Å². The number of carbonyl (C=O) groups excluding carboxylic acids is 5. The molecular weight excluding hydrogens is 1030 g/mol. The van der Waals surface area contributed by atoms with Gasteiger partial charge < -0.3 is 64.2 Å². The zero-order valence-electron chi connectivity index (χ0n) is 45.1. The molecule has 3 atom stereocenters. The number of imide groups is 1. The number of carboxylic acids is 4. The van der Waals surface area contributed by atoms with Crippen molar-refractivity contribution in [2.45, 2.75) is 70.4 Å². The molecule has 2 heterocycles. The lowest BCUT2D eigenvalue weighted by Gasteiger charge is -2.35. The average molecular weight is 1110 g/mol. The van der Waals surface area contributed by atoms with Crippen LogP contribution in [0.1, 0.15) is 58.3 Å². The fourth-order valence-electron chi connectivity index (χ4n) is 8.57. The Labute approximate surface area is 455 Å². The summed E-state index contributed by atoms with van der Waals surface area (Å²) >= 11 is 0. The normalized spacial score (nSPS) is 20.2. The Hall–Kier alpha value is -5.49. The van der Waals surface area contributed by atoms with Gasteiger partial charge in [0.05, 0.1) is 98.9 Å². The molecule has 442 valence electrons. The fourth-order valence-corrected chi connectivity index (χ4v) is 8.57. The average Bonchev–Trinajstić information content (AvgIpc) is 3.71. The molecule has 0 spiro atoms. The van der Waals surface area contributed by atoms with Gasteiger partial charge in [0.2, 0.25) is 5.91 Å². The van der Waals surface area contributed by atoms with Crippen LogP contribution in [0.15, 0.2) is 24.3 Å². The number of Topliss-reactive ketones (excluding diaryl/α,β-unsaturated/α-hetero) is 1. The third-order valence-corrected chi connectivity index (χ3v) is 13.0. The van der Waals surface area contributed by atoms with E-state index in [9.17, 15) is 63.6 Å². The topological polar surface area (TPSA) is 339 Å². The molecule has 1 fully saturated rings. The second-order valence-corrected chi connectivity index (χ2v) is 19.1. The summed E-state index contributed by atoms with van der Waals surface area (Å²) in [5, 5.41) is 44.2. The smallest absolute Gasteiger partial charge is 0.407 e. The van der Waals surface area contributed by atoms with E-state index >= 15 is 0 Å². The monoisotopic (exact) mass is 1110 g/mol. The summed E-state index contributed by atoms with van der Waals surface area (Å²) in [6.45, 7) is 6.43. The fraction of sp³-hybridized carbons (Fsp3) is 0.745. The van der Waals surface area contributed by atoms with Gasteiger partial charge >= 0.3 is 30.0 Å². The van der Waals surface area contributed by atoms with Crippen molar-refractivity contribution in [3.63, 3.8) is 0 Å². The minimum absolute atomic E-state index is 0.000102. The highest BCUT2D eigenvalue weighted by Crippen LogP contribution is 2.33. The van der Waals surface area contributed by atoms with Crippen LogP contribution < -0.4 is 10.6 Å². The third kappa shape index (κ3) is 29.5. The van der Waals surface area contributed by atoms with Gasteiger partial charge in [-0.3, -0.25) is 62.9 Å². The van der Waals surface area contributed by atoms with Crippen LogP contribution in [0, 0.1) is 5.41 Å². The van der Waals surface area contributed by atoms with Crippen molar-refractivity contribution in [2.24, 2.45) is 5.41 Å². The molecular formula is C51H83N7O20. The molecule has 27 nitrogen and oxygen atoms in total. The van der Waals surface area contributed by atoms with E-state index in [1.54, 1.807) is 19.6 Å². The van der Waals surface area contributed by atoms with Gasteiger partial charge in [-0.1, -0.05) is 13.0 Å². The molecule has 0 aromatic rings. The summed E-state index contributed by atoms with van der Waals surface area (Å²) in [7, 11) is 0. The van der Waals surface area contributed by atoms with E-state index in [-0.39, 0.29) is 154 Å². The summed E-state index contributed by atoms with van der Waals surface area (Å²) in [5.41, 5.74) is -0.663. The lowest BCUT2D eigenvalue weighted by molar-refractivity contribution is -0.145. The van der Waals surface area contributed by atoms with Crippen LogP contribution in [0.2, 0.25) is 0 Å². The Balaban J connectivity index is 1.19. The van der Waals surface area contributed by atoms with E-state index in [0.29, 0.717) is 91.5 Å². The molecule has 4 amide bonds. The molecule has 3 aliphatic rings. The molecule has 6 N–H and O–H groups in total. The Morgan fingerprint density at radius 3 is 1.56 bits per heavy atom. The molecule has 78 heavy (non-hydrogen) atoms. The Kier molecular flexibility index (Phi) is 33.4. The number of nitrogens with one attached hydrogen (secondary N) is 2. The van der Waals surface area contributed by atoms with Crippen LogP contribution >= 0.6 is 0 Å². The zero-order valence-corrected chi connectivity index (χ0v) is 45.1. The highest BCUT2D eigenvalue weighted by Gasteiger charge is 2.34. The van der Waals surface area contributed by atoms with Crippen LogP contribution in [0.5, 0.6) is 0 Å². The van der Waals surface area contributed by atoms with Crippen LogP contribution in [-0.4, -0.2) is 281 Å². The van der Waals surface area contributed by atoms with Crippen molar-refractivity contribution in [3.05, 3.63) is 24.3 Å². The number of allylic oxidation sites excluding steroid dienone is 1. The molecule has 1 unspecified atom stereocenters. The van der Waals surface area contributed by atoms with Gasteiger partial charge in [0.25, 0.3) is 11.8 Å². The summed E-state index contributed by atoms with van der Waals surface area (Å²) in [6.07, 6.45) is 7.93. The molecule has 0 aromatic carbocycles. The number of aliphatic carboxylic acids is 4. The van der Waals surface area contributed by atoms with E-state index in [4.69, 9.17) is 33.2 Å². The van der Waals surface area contributed by atoms with Crippen LogP contribution in [0.25, 0.3) is 0 Å². The van der Waals surface area contributed by atoms with Crippen molar-refractivity contribution in [3.8, 4) is 0 Å². The maximum absolute atomic E-state index is 13.2. The van der Waals surface area contributed by atoms with Crippen molar-refractivity contribution in [1.29, 1.82) is 0 Å². The van der Waals surface area contributed by atoms with Crippen molar-refractivity contribution in [2.75, 3.05) is 171 Å². The quantitative estimate of drug-likeness (QED) is 0.0256. The molecule has 1 aliphatic carbocycles. The summed E-state index contributed by atoms with van der Waals surface area (Å²) in [5.74, 6) is -5.39. The maximum Gasteiger partial charge on any atom is 0.407 e. The predicted octanol–water partition coefficient (Wildman–Crippen LogP) is -0.583. The van der Waals surface area contributed by atoms with Gasteiger partial charge in [-0.2, -0.15) is 0 Å². The van der Waals surface area contributed by atoms with E-state index in [1.807, 2.05) is 19.1 Å². The number of nitrogens with zero attached hydrogens (tertiary/aromatic N) is 5. The lowest BCUT2D eigenvalue weighted by Crippen LogP contribution is -2.51. The first kappa shape index (κ1) is 66.8. The highest BCUT2D eigenvalue weighted by molar-refractivity contribution is 6.12. The molecule has 0 bridgehead atoms. The van der Waals surface area contributed by atoms with E-state index < -0.39 is 47.5 Å². The number of carbonyl (C=O) groups is 9. The Bertz CT molecular complexity index is 1890. The minimum Gasteiger partial charge on any atom is -0.480 e. The first-order valence-electron chi connectivity index (χ1n) is 26.7. The largest absolute Gasteiger partial charge is 0.480 e. The lowest BCUT2D eigenvalue weighted by atomic mass is 9.78. The summed E-state index contributed by atoms with van der Waals surface area (Å²) in [6, 6.07) is -1.09. The first-order valence-corrected chi connectivity index (χ1v) is 26.7. The van der Waals surface area contributed by atoms with Crippen LogP contribution in [0.3, 0.4) is 0 Å². The molecule has 1 saturated heterocycles. The number of hydrogen-bond acceptors (Lipinski definition) is 20. The van der Waals surface area contributed by atoms with E-state index in [0.717, 1.165) is 4.90 Å². The number of ketones is 1. The van der Waals surface area contributed by atoms with Gasteiger partial charge in [0, 0.05) is 102 Å². The van der Waals surface area contributed by atoms with Gasteiger partial charge in [-0.25, -0.2) is 4.79 Å². The van der Waals surface area contributed by atoms with Gasteiger partial charge in [-0.05, 0) is 44.6 Å². The van der Waals surface area contributed by atoms with Crippen molar-refractivity contribution in [1.82, 2.24) is 35.1 Å². The minimum atomic E-state index is -1.16. The second kappa shape index (κ2) is 39.0. The molecule has 27 heteroatoms. The maximum atomic E-state index is 13.2. The summed E-state index contributed by atoms with van der Waals surface area (Å²) < 4.78 is 38.7. The number of hydrogen-bond donors (Lipinski definition) is 6. The first-order chi connectivity index (χ1) is 37.4. The van der Waals surface area contributed by atoms with Gasteiger partial charge in [0.1, 0.15) is 17.9 Å². The Morgan fingerprint density at radius 1 is 0.603 bits per heavy atom. The van der Waals surface area contributed by atoms with E-state index in [1.165, 1.54) is 12.2 Å². The number of amides is 4. The molecule has 3 rings (SSSR count). The SMILES string of the molecule is C[C@]1(C(=O)NCCOCCOCCOCCOCCCC(=O)CCC(C(=O)O)N2CCN(CC(=O)O)CCN(CC(=O)O)CCN(CC(=O)O)CC2)CC/C=C/[C@@H](OC(=O)NCCOCCOCCN2C(=O)C=CC2=O)CC1. The molecule has 0 radical (unpaired) electrons. The number of alkyl carbamates (subject to hydrolysis) is 1. The van der Waals surface area contributed by atoms with E-state index in [2.05, 4.69) is 10.6 Å². The van der Waals surface area contributed by atoms with Crippen molar-refractivity contribution < 1.29 is 96.7 Å². The molecule has 2 aliphatic heterocycles. The van der Waals surface area contributed by atoms with Gasteiger partial charge in [0.15, 0.2) is 0 Å². The Morgan fingerprint density at radius 2 is 1.06 bits per heavy atom. The number of ether oxygens (including phenoxy) is 7. The highest BCUT2D eigenvalue weighted by atomic mass is 16.6. The van der Waals surface area contributed by atoms with Gasteiger partial charge in [-0.15, -0.1) is 0 Å².